The van der Waals surface area contributed by atoms with Gasteiger partial charge < -0.3 is 9.80 Å². The summed E-state index contributed by atoms with van der Waals surface area (Å²) in [6.45, 7) is 12.8. The summed E-state index contributed by atoms with van der Waals surface area (Å²) in [5, 5.41) is 10.0. The first-order valence-corrected chi connectivity index (χ1v) is 15.1. The highest BCUT2D eigenvalue weighted by molar-refractivity contribution is 6.33. The lowest BCUT2D eigenvalue weighted by Crippen LogP contribution is -2.58. The number of anilines is 1. The number of halogens is 6. The quantitative estimate of drug-likeness (QED) is 0.217. The van der Waals surface area contributed by atoms with Gasteiger partial charge in [-0.1, -0.05) is 32.0 Å². The molecule has 4 heterocycles. The molecule has 4 atom stereocenters. The van der Waals surface area contributed by atoms with Crippen molar-refractivity contribution in [2.75, 3.05) is 18.0 Å². The van der Waals surface area contributed by atoms with Crippen LogP contribution in [0.4, 0.5) is 27.6 Å². The lowest BCUT2D eigenvalue weighted by molar-refractivity contribution is -0.130. The van der Waals surface area contributed by atoms with Crippen LogP contribution in [-0.2, 0) is 4.79 Å². The summed E-state index contributed by atoms with van der Waals surface area (Å²) in [7, 11) is 0. The molecule has 1 aliphatic heterocycles. The van der Waals surface area contributed by atoms with Crippen molar-refractivity contribution in [3.05, 3.63) is 86.4 Å². The number of pyridine rings is 3. The van der Waals surface area contributed by atoms with Gasteiger partial charge in [-0.3, -0.25) is 19.1 Å². The summed E-state index contributed by atoms with van der Waals surface area (Å²) in [4.78, 5) is 39.2. The molecule has 1 fully saturated rings. The Balaban J connectivity index is 1.92. The van der Waals surface area contributed by atoms with Crippen LogP contribution < -0.4 is 10.5 Å². The molecule has 3 aromatic rings. The van der Waals surface area contributed by atoms with E-state index < -0.39 is 63.8 Å². The van der Waals surface area contributed by atoms with Crippen molar-refractivity contribution >= 4 is 39.8 Å². The number of amides is 1. The van der Waals surface area contributed by atoms with Crippen molar-refractivity contribution in [1.82, 2.24) is 19.4 Å². The Hall–Kier alpha value is -4.57. The minimum atomic E-state index is -3.21. The van der Waals surface area contributed by atoms with E-state index in [0.29, 0.717) is 11.3 Å². The van der Waals surface area contributed by atoms with Gasteiger partial charge in [0.05, 0.1) is 33.4 Å². The molecule has 246 valence electrons. The molecule has 1 saturated heterocycles. The number of aryl methyl sites for hydroxylation is 1. The van der Waals surface area contributed by atoms with Crippen LogP contribution in [0.3, 0.4) is 0 Å². The van der Waals surface area contributed by atoms with Crippen LogP contribution in [0.2, 0.25) is 5.02 Å². The van der Waals surface area contributed by atoms with E-state index in [-0.39, 0.29) is 52.9 Å². The van der Waals surface area contributed by atoms with Crippen molar-refractivity contribution in [1.29, 1.82) is 5.26 Å². The first kappa shape index (κ1) is 33.8. The van der Waals surface area contributed by atoms with Gasteiger partial charge in [0, 0.05) is 36.8 Å². The number of nitriles is 1. The minimum Gasteiger partial charge on any atom is -0.366 e. The average molecular weight is 673 g/mol. The number of alkyl halides is 2. The summed E-state index contributed by atoms with van der Waals surface area (Å²) < 4.78 is 74.4. The van der Waals surface area contributed by atoms with Crippen LogP contribution >= 0.6 is 11.6 Å². The third kappa shape index (κ3) is 5.38. The molecule has 1 unspecified atom stereocenters. The second-order valence-corrected chi connectivity index (χ2v) is 12.3. The zero-order valence-corrected chi connectivity index (χ0v) is 26.8. The van der Waals surface area contributed by atoms with Crippen molar-refractivity contribution in [2.24, 2.45) is 0 Å². The Morgan fingerprint density at radius 3 is 2.32 bits per heavy atom. The van der Waals surface area contributed by atoms with Gasteiger partial charge in [-0.25, -0.2) is 26.9 Å². The average Bonchev–Trinajstić information content (AvgIpc) is 3.02. The lowest BCUT2D eigenvalue weighted by Gasteiger charge is -2.45. The topological polar surface area (TPSA) is 95.1 Å². The van der Waals surface area contributed by atoms with Crippen molar-refractivity contribution in [3.8, 4) is 11.8 Å². The number of aromatic nitrogens is 3. The molecule has 14 heteroatoms. The highest BCUT2D eigenvalue weighted by Crippen LogP contribution is 2.44. The molecule has 8 nitrogen and oxygen atoms in total. The third-order valence-electron chi connectivity index (χ3n) is 8.42. The van der Waals surface area contributed by atoms with Crippen LogP contribution in [0.25, 0.3) is 22.3 Å². The number of rotatable bonds is 5. The van der Waals surface area contributed by atoms with E-state index in [0.717, 1.165) is 4.57 Å². The van der Waals surface area contributed by atoms with E-state index in [1.807, 2.05) is 19.9 Å². The van der Waals surface area contributed by atoms with Crippen LogP contribution in [0, 0.1) is 18.3 Å². The number of fused-ring (bicyclic) bond motifs is 1. The number of piperazine rings is 1. The maximum Gasteiger partial charge on any atom is 0.276 e. The highest BCUT2D eigenvalue weighted by Gasteiger charge is 2.42. The van der Waals surface area contributed by atoms with Crippen molar-refractivity contribution in [2.45, 2.75) is 65.0 Å². The number of carbonyl (C=O) groups excluding carboxylic acids is 1. The fraction of sp³-hybridized carbons (Fsp3) is 0.364. The maximum atomic E-state index is 15.2. The zero-order chi connectivity index (χ0) is 34.6. The van der Waals surface area contributed by atoms with Gasteiger partial charge in [-0.15, -0.1) is 0 Å². The number of carbonyl (C=O) groups is 1. The monoisotopic (exact) mass is 672 g/mol. The fourth-order valence-electron chi connectivity index (χ4n) is 6.37. The predicted octanol–water partition coefficient (Wildman–Crippen LogP) is 6.87. The smallest absolute Gasteiger partial charge is 0.276 e. The summed E-state index contributed by atoms with van der Waals surface area (Å²) >= 11 is 6.54. The predicted molar refractivity (Wildman–Crippen MR) is 169 cm³/mol. The van der Waals surface area contributed by atoms with Gasteiger partial charge in [0.2, 0.25) is 5.91 Å². The number of allylic oxidation sites excluding steroid dienone is 4. The Labute approximate surface area is 272 Å². The second kappa shape index (κ2) is 12.6. The first-order chi connectivity index (χ1) is 22.2. The number of hydrogen-bond donors (Lipinski definition) is 0. The van der Waals surface area contributed by atoms with E-state index in [9.17, 15) is 28.0 Å². The van der Waals surface area contributed by atoms with Crippen LogP contribution in [0.1, 0.15) is 56.1 Å². The SMILES string of the molecule is C=CC(=O)N1[C@H](C)CN(c2c(C#N)c(=O)n(-c3c(C)ccnc3C(C)C)c3nc(C4=C(F)[C@H](F)C(F)C(F)=C4F)c(Cl)cc23)C[C@@H]1C. The van der Waals surface area contributed by atoms with E-state index in [4.69, 9.17) is 11.6 Å². The van der Waals surface area contributed by atoms with E-state index in [1.54, 1.807) is 36.6 Å². The molecular weight excluding hydrogens is 643 g/mol. The summed E-state index contributed by atoms with van der Waals surface area (Å²) in [5.41, 5.74) is -2.25. The summed E-state index contributed by atoms with van der Waals surface area (Å²) in [6, 6.07) is 3.98. The van der Waals surface area contributed by atoms with Gasteiger partial charge in [-0.2, -0.15) is 5.26 Å². The Kier molecular flexibility index (Phi) is 9.03. The lowest BCUT2D eigenvalue weighted by atomic mass is 9.96. The van der Waals surface area contributed by atoms with E-state index >= 15 is 8.78 Å². The Bertz CT molecular complexity index is 1990. The Morgan fingerprint density at radius 2 is 1.74 bits per heavy atom. The normalized spacial score (nSPS) is 21.9. The molecule has 0 saturated carbocycles. The standard InChI is InChI=1S/C33H30ClF5N6O2/c1-7-21(46)44-16(5)12-43(13-17(44)6)31-18-10-20(34)29(22-23(35)25(37)27(39)26(38)24(22)36)42-32(18)45(33(47)19(31)11-40)30-15(4)8-9-41-28(30)14(2)3/h7-10,14,16-17,25,27H,1,12-13H2,2-6H3/t16-,17+,25-,27?/m0/s1. The summed E-state index contributed by atoms with van der Waals surface area (Å²) in [6.07, 6.45) is -3.65. The molecule has 1 amide bonds. The fourth-order valence-corrected chi connectivity index (χ4v) is 6.61. The number of hydrogen-bond acceptors (Lipinski definition) is 6. The molecule has 0 N–H and O–H groups in total. The first-order valence-electron chi connectivity index (χ1n) is 14.7. The molecule has 0 aromatic carbocycles. The zero-order valence-electron chi connectivity index (χ0n) is 26.1. The molecule has 47 heavy (non-hydrogen) atoms. The van der Waals surface area contributed by atoms with Crippen molar-refractivity contribution < 1.29 is 26.7 Å². The van der Waals surface area contributed by atoms with Gasteiger partial charge >= 0.3 is 0 Å². The van der Waals surface area contributed by atoms with Crippen LogP contribution in [0.5, 0.6) is 0 Å². The third-order valence-corrected chi connectivity index (χ3v) is 8.71. The molecular formula is C33H30ClF5N6O2. The molecule has 1 aliphatic carbocycles. The number of nitrogens with zero attached hydrogens (tertiary/aromatic N) is 6. The van der Waals surface area contributed by atoms with Gasteiger partial charge in [0.1, 0.15) is 17.3 Å². The minimum absolute atomic E-state index is 0.0919. The molecule has 5 rings (SSSR count). The van der Waals surface area contributed by atoms with Crippen LogP contribution in [0.15, 0.2) is 53.3 Å². The van der Waals surface area contributed by atoms with E-state index in [1.165, 1.54) is 18.3 Å². The molecule has 0 bridgehead atoms. The van der Waals surface area contributed by atoms with E-state index in [2.05, 4.69) is 16.5 Å². The maximum absolute atomic E-state index is 15.2. The molecule has 0 radical (unpaired) electrons. The van der Waals surface area contributed by atoms with Gasteiger partial charge in [0.25, 0.3) is 5.56 Å². The molecule has 3 aromatic heterocycles. The van der Waals surface area contributed by atoms with Crippen LogP contribution in [-0.4, -0.2) is 62.9 Å². The summed E-state index contributed by atoms with van der Waals surface area (Å²) in [5.74, 6) is -6.71. The Morgan fingerprint density at radius 1 is 1.13 bits per heavy atom. The van der Waals surface area contributed by atoms with Crippen molar-refractivity contribution in [3.63, 3.8) is 0 Å². The largest absolute Gasteiger partial charge is 0.366 e. The van der Waals surface area contributed by atoms with Gasteiger partial charge in [-0.05, 0) is 50.5 Å². The highest BCUT2D eigenvalue weighted by atomic mass is 35.5. The van der Waals surface area contributed by atoms with Gasteiger partial charge in [0.15, 0.2) is 29.8 Å². The molecule has 0 spiro atoms. The molecule has 2 aliphatic rings. The second-order valence-electron chi connectivity index (χ2n) is 11.9.